The molecule has 0 amide bonds. The van der Waals surface area contributed by atoms with E-state index >= 15 is 0 Å². The van der Waals surface area contributed by atoms with Crippen LogP contribution in [0.15, 0.2) is 90.5 Å². The van der Waals surface area contributed by atoms with Gasteiger partial charge in [0.25, 0.3) is 0 Å². The number of anilines is 2. The molecule has 12 nitrogen and oxygen atoms in total. The van der Waals surface area contributed by atoms with Crippen molar-refractivity contribution in [3.8, 4) is 11.4 Å². The van der Waals surface area contributed by atoms with E-state index < -0.39 is 23.5 Å². The fourth-order valence-electron chi connectivity index (χ4n) is 6.24. The van der Waals surface area contributed by atoms with Gasteiger partial charge in [0.15, 0.2) is 0 Å². The van der Waals surface area contributed by atoms with Gasteiger partial charge in [-0.1, -0.05) is 6.92 Å². The summed E-state index contributed by atoms with van der Waals surface area (Å²) in [5.74, 6) is -2.30. The van der Waals surface area contributed by atoms with E-state index in [1.807, 2.05) is 50.2 Å². The minimum absolute atomic E-state index is 0.0334. The van der Waals surface area contributed by atoms with Gasteiger partial charge in [-0.3, -0.25) is 0 Å². The Bertz CT molecular complexity index is 1910. The number of benzene rings is 3. The van der Waals surface area contributed by atoms with Gasteiger partial charge in [-0.05, 0) is 74.0 Å². The summed E-state index contributed by atoms with van der Waals surface area (Å²) in [5, 5.41) is 8.39. The van der Waals surface area contributed by atoms with Gasteiger partial charge in [-0.2, -0.15) is 10.2 Å². The topological polar surface area (TPSA) is 105 Å². The molecule has 49 heavy (non-hydrogen) atoms. The molecule has 0 spiro atoms. The van der Waals surface area contributed by atoms with Crippen molar-refractivity contribution in [2.45, 2.75) is 44.7 Å². The number of rotatable bonds is 11. The molecule has 2 fully saturated rings. The molecule has 0 aliphatic carbocycles. The summed E-state index contributed by atoms with van der Waals surface area (Å²) < 4.78 is 51.4. The highest BCUT2D eigenvalue weighted by atomic mass is 19.1. The maximum Gasteiger partial charge on any atom is 0.350 e. The highest BCUT2D eigenvalue weighted by Gasteiger charge is 2.46. The zero-order chi connectivity index (χ0) is 34.0. The van der Waals surface area contributed by atoms with E-state index in [1.165, 1.54) is 34.2 Å². The van der Waals surface area contributed by atoms with Gasteiger partial charge in [-0.25, -0.2) is 32.5 Å². The Kier molecular flexibility index (Phi) is 9.15. The first-order valence-electron chi connectivity index (χ1n) is 16.4. The van der Waals surface area contributed by atoms with Crippen LogP contribution < -0.4 is 20.2 Å². The second-order valence-electron chi connectivity index (χ2n) is 12.3. The van der Waals surface area contributed by atoms with E-state index in [4.69, 9.17) is 14.2 Å². The molecule has 256 valence electrons. The molecule has 7 rings (SSSR count). The average molecular weight is 673 g/mol. The van der Waals surface area contributed by atoms with Crippen LogP contribution in [-0.4, -0.2) is 74.6 Å². The van der Waals surface area contributed by atoms with Crippen LogP contribution in [0.1, 0.15) is 31.9 Å². The lowest BCUT2D eigenvalue weighted by molar-refractivity contribution is -0.192. The van der Waals surface area contributed by atoms with Crippen LogP contribution in [0.25, 0.3) is 5.69 Å². The van der Waals surface area contributed by atoms with Gasteiger partial charge in [0.05, 0.1) is 18.3 Å². The molecule has 0 bridgehead atoms. The maximum atomic E-state index is 14.9. The van der Waals surface area contributed by atoms with Crippen molar-refractivity contribution in [3.05, 3.63) is 113 Å². The molecule has 14 heteroatoms. The van der Waals surface area contributed by atoms with Gasteiger partial charge in [-0.15, -0.1) is 0 Å². The van der Waals surface area contributed by atoms with Crippen molar-refractivity contribution in [2.24, 2.45) is 0 Å². The predicted octanol–water partition coefficient (Wildman–Crippen LogP) is 4.55. The van der Waals surface area contributed by atoms with Gasteiger partial charge in [0, 0.05) is 49.2 Å². The molecule has 0 N–H and O–H groups in total. The van der Waals surface area contributed by atoms with E-state index in [-0.39, 0.29) is 37.1 Å². The van der Waals surface area contributed by atoms with Crippen molar-refractivity contribution in [1.29, 1.82) is 0 Å². The zero-order valence-electron chi connectivity index (χ0n) is 27.4. The van der Waals surface area contributed by atoms with E-state index in [2.05, 4.69) is 37.1 Å². The predicted molar refractivity (Wildman–Crippen MR) is 178 cm³/mol. The van der Waals surface area contributed by atoms with E-state index in [0.717, 1.165) is 55.7 Å². The van der Waals surface area contributed by atoms with Crippen molar-refractivity contribution in [3.63, 3.8) is 0 Å². The maximum absolute atomic E-state index is 14.9. The van der Waals surface area contributed by atoms with Crippen LogP contribution in [0.3, 0.4) is 0 Å². The van der Waals surface area contributed by atoms with Crippen molar-refractivity contribution in [2.75, 3.05) is 49.2 Å². The summed E-state index contributed by atoms with van der Waals surface area (Å²) in [4.78, 5) is 21.4. The van der Waals surface area contributed by atoms with Gasteiger partial charge < -0.3 is 24.0 Å². The Morgan fingerprint density at radius 1 is 0.918 bits per heavy atom. The third kappa shape index (κ3) is 6.78. The summed E-state index contributed by atoms with van der Waals surface area (Å²) in [6.07, 6.45) is 4.77. The Balaban J connectivity index is 0.925. The first-order chi connectivity index (χ1) is 23.8. The standard InChI is InChI=1S/C35H38F2N8O4/c1-3-25(2)45-34(46)44(24-40-45)29-7-5-27(6-8-29)41-14-16-42(17-15-41)28-9-11-30(12-10-28)47-19-31-20-48-35(49-31,21-43-23-38-22-39-43)32-13-4-26(36)18-33(32)37/h4-13,18,22-25,31H,3,14-17,19-21H2,1-2H3/t25?,31-,35+/m1/s1. The Morgan fingerprint density at radius 3 is 2.22 bits per heavy atom. The van der Waals surface area contributed by atoms with Crippen molar-refractivity contribution < 1.29 is 23.0 Å². The normalized spacial score (nSPS) is 20.1. The van der Waals surface area contributed by atoms with E-state index in [9.17, 15) is 13.6 Å². The smallest absolute Gasteiger partial charge is 0.350 e. The molecule has 2 aliphatic heterocycles. The van der Waals surface area contributed by atoms with Crippen LogP contribution in [0.4, 0.5) is 20.2 Å². The Morgan fingerprint density at radius 2 is 1.59 bits per heavy atom. The Hall–Kier alpha value is -5.08. The fourth-order valence-corrected chi connectivity index (χ4v) is 6.24. The number of ether oxygens (including phenoxy) is 3. The van der Waals surface area contributed by atoms with Crippen LogP contribution in [0, 0.1) is 11.6 Å². The molecule has 0 saturated carbocycles. The minimum atomic E-state index is -1.51. The molecule has 4 heterocycles. The summed E-state index contributed by atoms with van der Waals surface area (Å²) in [6.45, 7) is 7.80. The molecule has 3 atom stereocenters. The quantitative estimate of drug-likeness (QED) is 0.200. The average Bonchev–Trinajstić information content (AvgIpc) is 3.88. The van der Waals surface area contributed by atoms with E-state index in [1.54, 1.807) is 10.9 Å². The monoisotopic (exact) mass is 672 g/mol. The molecule has 3 aromatic carbocycles. The van der Waals surface area contributed by atoms with Crippen LogP contribution in [0.2, 0.25) is 0 Å². The molecular formula is C35H38F2N8O4. The van der Waals surface area contributed by atoms with Crippen molar-refractivity contribution in [1.82, 2.24) is 29.1 Å². The summed E-state index contributed by atoms with van der Waals surface area (Å²) in [5.41, 5.74) is 2.95. The lowest BCUT2D eigenvalue weighted by Gasteiger charge is -2.37. The number of aromatic nitrogens is 6. The lowest BCUT2D eigenvalue weighted by Crippen LogP contribution is -2.46. The largest absolute Gasteiger partial charge is 0.491 e. The molecule has 2 saturated heterocycles. The zero-order valence-corrected chi connectivity index (χ0v) is 27.4. The molecule has 2 aliphatic rings. The number of nitrogens with zero attached hydrogens (tertiary/aromatic N) is 8. The van der Waals surface area contributed by atoms with Gasteiger partial charge in [0.1, 0.15) is 55.6 Å². The molecule has 1 unspecified atom stereocenters. The highest BCUT2D eigenvalue weighted by molar-refractivity contribution is 5.54. The number of hydrogen-bond acceptors (Lipinski definition) is 9. The Labute approximate surface area is 282 Å². The number of hydrogen-bond donors (Lipinski definition) is 0. The molecule has 2 aromatic heterocycles. The van der Waals surface area contributed by atoms with E-state index in [0.29, 0.717) is 5.75 Å². The minimum Gasteiger partial charge on any atom is -0.491 e. The third-order valence-corrected chi connectivity index (χ3v) is 9.15. The summed E-state index contributed by atoms with van der Waals surface area (Å²) >= 11 is 0. The van der Waals surface area contributed by atoms with Gasteiger partial charge in [0.2, 0.25) is 5.79 Å². The number of piperazine rings is 1. The summed E-state index contributed by atoms with van der Waals surface area (Å²) in [6, 6.07) is 19.3. The fraction of sp³-hybridized carbons (Fsp3) is 0.371. The second-order valence-corrected chi connectivity index (χ2v) is 12.3. The lowest BCUT2D eigenvalue weighted by atomic mass is 10.0. The van der Waals surface area contributed by atoms with Crippen LogP contribution >= 0.6 is 0 Å². The first kappa shape index (κ1) is 32.5. The third-order valence-electron chi connectivity index (χ3n) is 9.15. The molecular weight excluding hydrogens is 634 g/mol. The number of halogens is 2. The second kappa shape index (κ2) is 13.8. The first-order valence-corrected chi connectivity index (χ1v) is 16.4. The van der Waals surface area contributed by atoms with Crippen LogP contribution in [-0.2, 0) is 21.8 Å². The SMILES string of the molecule is CCC(C)n1ncn(-c2ccc(N3CCN(c4ccc(OC[C@@H]5CO[C@](Cn6cncn6)(c6ccc(F)cc6F)O5)cc4)CC3)cc2)c1=O. The molecule has 5 aromatic rings. The highest BCUT2D eigenvalue weighted by Crippen LogP contribution is 2.38. The summed E-state index contributed by atoms with van der Waals surface area (Å²) in [7, 11) is 0. The van der Waals surface area contributed by atoms with Crippen molar-refractivity contribution >= 4 is 11.4 Å². The molecule has 0 radical (unpaired) electrons. The van der Waals surface area contributed by atoms with Crippen LogP contribution in [0.5, 0.6) is 5.75 Å². The van der Waals surface area contributed by atoms with Gasteiger partial charge >= 0.3 is 5.69 Å².